The van der Waals surface area contributed by atoms with E-state index in [1.165, 1.54) is 0 Å². The number of hydrogen-bond acceptors (Lipinski definition) is 5. The van der Waals surface area contributed by atoms with Crippen LogP contribution in [0.5, 0.6) is 0 Å². The topological polar surface area (TPSA) is 74.2 Å². The van der Waals surface area contributed by atoms with Gasteiger partial charge in [-0.05, 0) is 25.5 Å². The number of rotatable bonds is 5. The minimum Gasteiger partial charge on any atom is -0.396 e. The molecule has 1 heterocycles. The molecule has 0 saturated carbocycles. The van der Waals surface area contributed by atoms with E-state index in [1.807, 2.05) is 13.8 Å². The molecule has 2 aromatic rings. The largest absolute Gasteiger partial charge is 0.396 e. The molecule has 0 spiro atoms. The van der Waals surface area contributed by atoms with E-state index in [0.29, 0.717) is 39.6 Å². The summed E-state index contributed by atoms with van der Waals surface area (Å²) < 4.78 is 10.8. The molecule has 2 rings (SSSR count). The van der Waals surface area contributed by atoms with Gasteiger partial charge in [-0.1, -0.05) is 35.3 Å². The number of hydrogen-bond donors (Lipinski definition) is 1. The lowest BCUT2D eigenvalue weighted by Crippen LogP contribution is -2.04. The van der Waals surface area contributed by atoms with Crippen molar-refractivity contribution >= 4 is 28.9 Å². The van der Waals surface area contributed by atoms with Crippen LogP contribution in [0.3, 0.4) is 0 Å². The minimum absolute atomic E-state index is 0.183. The molecule has 0 bridgehead atoms. The Hall–Kier alpha value is -1.30. The van der Waals surface area contributed by atoms with Gasteiger partial charge < -0.3 is 15.0 Å². The quantitative estimate of drug-likeness (QED) is 0.840. The van der Waals surface area contributed by atoms with Crippen LogP contribution in [-0.2, 0) is 4.74 Å². The van der Waals surface area contributed by atoms with E-state index in [4.69, 9.17) is 38.2 Å². The third kappa shape index (κ3) is 3.06. The number of nitrogen functional groups attached to an aromatic ring is 1. The summed E-state index contributed by atoms with van der Waals surface area (Å²) >= 11 is 12.0. The third-order valence-corrected chi connectivity index (χ3v) is 3.42. The number of halogens is 2. The first-order valence-corrected chi connectivity index (χ1v) is 7.02. The van der Waals surface area contributed by atoms with Gasteiger partial charge in [0.05, 0.1) is 15.7 Å². The average molecular weight is 316 g/mol. The van der Waals surface area contributed by atoms with E-state index in [2.05, 4.69) is 10.1 Å². The highest BCUT2D eigenvalue weighted by Crippen LogP contribution is 2.33. The Bertz CT molecular complexity index is 578. The zero-order chi connectivity index (χ0) is 14.7. The Morgan fingerprint density at radius 3 is 2.50 bits per heavy atom. The summed E-state index contributed by atoms with van der Waals surface area (Å²) in [4.78, 5) is 4.32. The highest BCUT2D eigenvalue weighted by molar-refractivity contribution is 6.39. The van der Waals surface area contributed by atoms with E-state index in [9.17, 15) is 0 Å². The van der Waals surface area contributed by atoms with Crippen molar-refractivity contribution in [2.75, 3.05) is 12.3 Å². The van der Waals surface area contributed by atoms with Gasteiger partial charge in [0.1, 0.15) is 6.10 Å². The average Bonchev–Trinajstić information content (AvgIpc) is 2.91. The lowest BCUT2D eigenvalue weighted by Gasteiger charge is -2.09. The summed E-state index contributed by atoms with van der Waals surface area (Å²) in [6.07, 6.45) is 0.577. The summed E-state index contributed by atoms with van der Waals surface area (Å²) in [6.45, 7) is 4.50. The fraction of sp³-hybridized carbons (Fsp3) is 0.385. The molecule has 5 nitrogen and oxygen atoms in total. The molecule has 7 heteroatoms. The summed E-state index contributed by atoms with van der Waals surface area (Å²) in [5.74, 6) is 0.843. The standard InChI is InChI=1S/C13H15Cl2N3O2/c1-3-10(19-4-2)12-17-13(20-18-12)7-5-8(14)11(16)9(15)6-7/h5-6,10H,3-4,16H2,1-2H3. The molecule has 20 heavy (non-hydrogen) atoms. The molecule has 0 fully saturated rings. The summed E-state index contributed by atoms with van der Waals surface area (Å²) in [5, 5.41) is 4.64. The Kier molecular flexibility index (Phi) is 4.86. The van der Waals surface area contributed by atoms with Crippen LogP contribution >= 0.6 is 23.2 Å². The second kappa shape index (κ2) is 6.43. The number of anilines is 1. The Labute approximate surface area is 127 Å². The van der Waals surface area contributed by atoms with Crippen LogP contribution in [0.2, 0.25) is 10.0 Å². The first kappa shape index (κ1) is 15.1. The van der Waals surface area contributed by atoms with E-state index in [0.717, 1.165) is 6.42 Å². The third-order valence-electron chi connectivity index (χ3n) is 2.79. The van der Waals surface area contributed by atoms with Crippen molar-refractivity contribution in [2.24, 2.45) is 0 Å². The molecule has 0 aliphatic rings. The Morgan fingerprint density at radius 1 is 1.30 bits per heavy atom. The van der Waals surface area contributed by atoms with Crippen molar-refractivity contribution in [1.29, 1.82) is 0 Å². The summed E-state index contributed by atoms with van der Waals surface area (Å²) in [5.41, 5.74) is 6.65. The van der Waals surface area contributed by atoms with E-state index in [1.54, 1.807) is 12.1 Å². The van der Waals surface area contributed by atoms with Gasteiger partial charge in [-0.2, -0.15) is 4.98 Å². The van der Waals surface area contributed by atoms with Crippen LogP contribution in [0.4, 0.5) is 5.69 Å². The highest BCUT2D eigenvalue weighted by atomic mass is 35.5. The van der Waals surface area contributed by atoms with Crippen LogP contribution in [0.1, 0.15) is 32.2 Å². The molecular weight excluding hydrogens is 301 g/mol. The number of nitrogens with two attached hydrogens (primary N) is 1. The highest BCUT2D eigenvalue weighted by Gasteiger charge is 2.18. The van der Waals surface area contributed by atoms with Crippen molar-refractivity contribution in [1.82, 2.24) is 10.1 Å². The van der Waals surface area contributed by atoms with Crippen LogP contribution in [0.15, 0.2) is 16.7 Å². The van der Waals surface area contributed by atoms with Crippen molar-refractivity contribution < 1.29 is 9.26 Å². The summed E-state index contributed by atoms with van der Waals surface area (Å²) in [7, 11) is 0. The molecular formula is C13H15Cl2N3O2. The normalized spacial score (nSPS) is 12.6. The Balaban J connectivity index is 2.33. The fourth-order valence-corrected chi connectivity index (χ4v) is 2.25. The molecule has 1 aromatic carbocycles. The number of ether oxygens (including phenoxy) is 1. The molecule has 2 N–H and O–H groups in total. The fourth-order valence-electron chi connectivity index (χ4n) is 1.77. The maximum atomic E-state index is 5.99. The lowest BCUT2D eigenvalue weighted by atomic mass is 10.2. The van der Waals surface area contributed by atoms with Crippen molar-refractivity contribution in [3.05, 3.63) is 28.0 Å². The van der Waals surface area contributed by atoms with Gasteiger partial charge in [0.25, 0.3) is 5.89 Å². The number of nitrogens with zero attached hydrogens (tertiary/aromatic N) is 2. The predicted molar refractivity (Wildman–Crippen MR) is 78.8 cm³/mol. The first-order chi connectivity index (χ1) is 9.56. The van der Waals surface area contributed by atoms with Crippen LogP contribution in [0, 0.1) is 0 Å². The molecule has 0 saturated heterocycles. The Morgan fingerprint density at radius 2 is 1.95 bits per heavy atom. The van der Waals surface area contributed by atoms with Crippen molar-refractivity contribution in [3.63, 3.8) is 0 Å². The molecule has 0 aliphatic heterocycles. The minimum atomic E-state index is -0.183. The molecule has 1 unspecified atom stereocenters. The van der Waals surface area contributed by atoms with Gasteiger partial charge >= 0.3 is 0 Å². The number of aromatic nitrogens is 2. The maximum absolute atomic E-state index is 5.99. The molecule has 0 radical (unpaired) electrons. The molecule has 0 aliphatic carbocycles. The summed E-state index contributed by atoms with van der Waals surface area (Å²) in [6, 6.07) is 3.28. The van der Waals surface area contributed by atoms with E-state index in [-0.39, 0.29) is 6.10 Å². The van der Waals surface area contributed by atoms with E-state index < -0.39 is 0 Å². The molecule has 1 aromatic heterocycles. The van der Waals surface area contributed by atoms with Crippen LogP contribution < -0.4 is 5.73 Å². The van der Waals surface area contributed by atoms with Gasteiger partial charge in [-0.3, -0.25) is 0 Å². The van der Waals surface area contributed by atoms with Crippen molar-refractivity contribution in [3.8, 4) is 11.5 Å². The predicted octanol–water partition coefficient (Wildman–Crippen LogP) is 4.11. The van der Waals surface area contributed by atoms with Gasteiger partial charge in [0.2, 0.25) is 5.82 Å². The van der Waals surface area contributed by atoms with Crippen LogP contribution in [0.25, 0.3) is 11.5 Å². The van der Waals surface area contributed by atoms with Gasteiger partial charge in [0, 0.05) is 12.2 Å². The van der Waals surface area contributed by atoms with Crippen LogP contribution in [-0.4, -0.2) is 16.7 Å². The monoisotopic (exact) mass is 315 g/mol. The second-order valence-corrected chi connectivity index (χ2v) is 4.98. The second-order valence-electron chi connectivity index (χ2n) is 4.16. The zero-order valence-electron chi connectivity index (χ0n) is 11.2. The van der Waals surface area contributed by atoms with Gasteiger partial charge in [-0.15, -0.1) is 0 Å². The molecule has 108 valence electrons. The SMILES string of the molecule is CCOC(CC)c1noc(-c2cc(Cl)c(N)c(Cl)c2)n1. The van der Waals surface area contributed by atoms with Gasteiger partial charge in [-0.25, -0.2) is 0 Å². The van der Waals surface area contributed by atoms with Crippen molar-refractivity contribution in [2.45, 2.75) is 26.4 Å². The first-order valence-electron chi connectivity index (χ1n) is 6.26. The number of benzene rings is 1. The molecule has 0 amide bonds. The zero-order valence-corrected chi connectivity index (χ0v) is 12.7. The molecule has 1 atom stereocenters. The van der Waals surface area contributed by atoms with E-state index >= 15 is 0 Å². The lowest BCUT2D eigenvalue weighted by molar-refractivity contribution is 0.0518. The van der Waals surface area contributed by atoms with Gasteiger partial charge in [0.15, 0.2) is 0 Å². The maximum Gasteiger partial charge on any atom is 0.258 e. The smallest absolute Gasteiger partial charge is 0.258 e.